The van der Waals surface area contributed by atoms with E-state index in [9.17, 15) is 14.4 Å². The Morgan fingerprint density at radius 3 is 1.53 bits per heavy atom. The fraction of sp³-hybridized carbons (Fsp3) is 0.625. The SMILES string of the molecule is NCC(N)C(=O)O.N[C@@H](CCC(=O)O)C(=O)O. The van der Waals surface area contributed by atoms with Crippen LogP contribution in [0.25, 0.3) is 0 Å². The highest BCUT2D eigenvalue weighted by Gasteiger charge is 2.12. The van der Waals surface area contributed by atoms with Crippen LogP contribution >= 0.6 is 0 Å². The van der Waals surface area contributed by atoms with Crippen LogP contribution in [0.5, 0.6) is 0 Å². The van der Waals surface area contributed by atoms with Crippen molar-refractivity contribution in [3.63, 3.8) is 0 Å². The van der Waals surface area contributed by atoms with Crippen LogP contribution in [0.1, 0.15) is 12.8 Å². The lowest BCUT2D eigenvalue weighted by atomic mass is 10.2. The zero-order valence-corrected chi connectivity index (χ0v) is 9.07. The molecule has 0 fully saturated rings. The molecule has 0 bridgehead atoms. The Labute approximate surface area is 97.2 Å². The summed E-state index contributed by atoms with van der Waals surface area (Å²) in [5, 5.41) is 24.2. The highest BCUT2D eigenvalue weighted by Crippen LogP contribution is 1.93. The lowest BCUT2D eigenvalue weighted by Crippen LogP contribution is -2.37. The van der Waals surface area contributed by atoms with Gasteiger partial charge in [0.25, 0.3) is 0 Å². The molecule has 9 heteroatoms. The number of nitrogens with two attached hydrogens (primary N) is 3. The van der Waals surface area contributed by atoms with Gasteiger partial charge in [-0.3, -0.25) is 14.4 Å². The molecule has 2 atom stereocenters. The zero-order valence-electron chi connectivity index (χ0n) is 9.07. The number of hydrogen-bond donors (Lipinski definition) is 6. The van der Waals surface area contributed by atoms with Gasteiger partial charge in [0.05, 0.1) is 0 Å². The lowest BCUT2D eigenvalue weighted by molar-refractivity contribution is -0.140. The molecule has 0 rings (SSSR count). The Morgan fingerprint density at radius 1 is 0.941 bits per heavy atom. The summed E-state index contributed by atoms with van der Waals surface area (Å²) in [6.07, 6.45) is -0.224. The second-order valence-electron chi connectivity index (χ2n) is 3.06. The molecular weight excluding hydrogens is 234 g/mol. The Balaban J connectivity index is 0. The van der Waals surface area contributed by atoms with Crippen LogP contribution in [-0.2, 0) is 14.4 Å². The fourth-order valence-electron chi connectivity index (χ4n) is 0.503. The van der Waals surface area contributed by atoms with Crippen LogP contribution in [0.4, 0.5) is 0 Å². The molecule has 0 saturated heterocycles. The van der Waals surface area contributed by atoms with E-state index in [2.05, 4.69) is 0 Å². The van der Waals surface area contributed by atoms with Crippen LogP contribution in [0, 0.1) is 0 Å². The van der Waals surface area contributed by atoms with Crippen molar-refractivity contribution in [3.05, 3.63) is 0 Å². The normalized spacial score (nSPS) is 12.9. The van der Waals surface area contributed by atoms with Gasteiger partial charge in [-0.1, -0.05) is 0 Å². The molecule has 0 aromatic carbocycles. The molecule has 1 unspecified atom stereocenters. The highest BCUT2D eigenvalue weighted by molar-refractivity contribution is 5.74. The summed E-state index contributed by atoms with van der Waals surface area (Å²) in [6, 6.07) is -1.96. The van der Waals surface area contributed by atoms with Crippen LogP contribution < -0.4 is 17.2 Å². The minimum Gasteiger partial charge on any atom is -0.481 e. The second-order valence-corrected chi connectivity index (χ2v) is 3.06. The smallest absolute Gasteiger partial charge is 0.321 e. The predicted molar refractivity (Wildman–Crippen MR) is 57.1 cm³/mol. The maximum absolute atomic E-state index is 9.99. The number of aliphatic carboxylic acids is 3. The standard InChI is InChI=1S/C5H9NO4.C3H8N2O2/c6-3(5(9)10)1-2-4(7)8;4-1-2(5)3(6)7/h3H,1-2,6H2,(H,7,8)(H,9,10);2H,1,4-5H2,(H,6,7)/t3-;/m0./s1. The molecule has 0 spiro atoms. The first-order valence-corrected chi connectivity index (χ1v) is 4.61. The molecule has 100 valence electrons. The zero-order chi connectivity index (χ0) is 14.0. The van der Waals surface area contributed by atoms with Gasteiger partial charge in [-0.05, 0) is 6.42 Å². The lowest BCUT2D eigenvalue weighted by Gasteiger charge is -2.01. The van der Waals surface area contributed by atoms with Crippen molar-refractivity contribution in [2.45, 2.75) is 24.9 Å². The maximum Gasteiger partial charge on any atom is 0.321 e. The van der Waals surface area contributed by atoms with Crippen LogP contribution in [0.2, 0.25) is 0 Å². The van der Waals surface area contributed by atoms with Gasteiger partial charge in [0, 0.05) is 13.0 Å². The van der Waals surface area contributed by atoms with Gasteiger partial charge < -0.3 is 32.5 Å². The third-order valence-electron chi connectivity index (χ3n) is 1.56. The Hall–Kier alpha value is -1.71. The first kappa shape index (κ1) is 17.7. The van der Waals surface area contributed by atoms with Crippen molar-refractivity contribution in [3.8, 4) is 0 Å². The summed E-state index contributed by atoms with van der Waals surface area (Å²) in [5.74, 6) is -3.25. The molecular formula is C8H17N3O6. The highest BCUT2D eigenvalue weighted by atomic mass is 16.4. The van der Waals surface area contributed by atoms with E-state index in [1.165, 1.54) is 0 Å². The topological polar surface area (TPSA) is 190 Å². The number of carboxylic acids is 3. The van der Waals surface area contributed by atoms with E-state index in [1.54, 1.807) is 0 Å². The fourth-order valence-corrected chi connectivity index (χ4v) is 0.503. The molecule has 9 nitrogen and oxygen atoms in total. The van der Waals surface area contributed by atoms with Gasteiger partial charge in [0.2, 0.25) is 0 Å². The summed E-state index contributed by atoms with van der Waals surface area (Å²) in [4.78, 5) is 29.6. The quantitative estimate of drug-likeness (QED) is 0.299. The molecule has 0 heterocycles. The van der Waals surface area contributed by atoms with E-state index < -0.39 is 30.0 Å². The molecule has 17 heavy (non-hydrogen) atoms. The summed E-state index contributed by atoms with van der Waals surface area (Å²) < 4.78 is 0. The van der Waals surface area contributed by atoms with Crippen molar-refractivity contribution in [2.24, 2.45) is 17.2 Å². The average molecular weight is 251 g/mol. The monoisotopic (exact) mass is 251 g/mol. The van der Waals surface area contributed by atoms with Crippen molar-refractivity contribution in [2.75, 3.05) is 6.54 Å². The van der Waals surface area contributed by atoms with Crippen molar-refractivity contribution < 1.29 is 29.7 Å². The molecule has 9 N–H and O–H groups in total. The second kappa shape index (κ2) is 9.51. The summed E-state index contributed by atoms with van der Waals surface area (Å²) in [6.45, 7) is -0.00463. The van der Waals surface area contributed by atoms with Gasteiger partial charge in [0.15, 0.2) is 0 Å². The largest absolute Gasteiger partial charge is 0.481 e. The third-order valence-corrected chi connectivity index (χ3v) is 1.56. The van der Waals surface area contributed by atoms with Crippen molar-refractivity contribution in [1.29, 1.82) is 0 Å². The van der Waals surface area contributed by atoms with E-state index in [4.69, 9.17) is 32.5 Å². The van der Waals surface area contributed by atoms with Crippen molar-refractivity contribution in [1.82, 2.24) is 0 Å². The first-order chi connectivity index (χ1) is 7.72. The molecule has 0 aliphatic heterocycles. The molecule has 0 radical (unpaired) electrons. The van der Waals surface area contributed by atoms with E-state index in [1.807, 2.05) is 0 Å². The van der Waals surface area contributed by atoms with Crippen LogP contribution in [0.3, 0.4) is 0 Å². The molecule has 0 saturated carbocycles. The van der Waals surface area contributed by atoms with E-state index in [0.29, 0.717) is 0 Å². The van der Waals surface area contributed by atoms with Gasteiger partial charge >= 0.3 is 17.9 Å². The van der Waals surface area contributed by atoms with Crippen LogP contribution in [0.15, 0.2) is 0 Å². The van der Waals surface area contributed by atoms with Gasteiger partial charge in [0.1, 0.15) is 12.1 Å². The average Bonchev–Trinajstić information content (AvgIpc) is 2.24. The van der Waals surface area contributed by atoms with Crippen LogP contribution in [-0.4, -0.2) is 51.9 Å². The van der Waals surface area contributed by atoms with E-state index >= 15 is 0 Å². The molecule has 0 aliphatic rings. The van der Waals surface area contributed by atoms with E-state index in [0.717, 1.165) is 0 Å². The Morgan fingerprint density at radius 2 is 1.35 bits per heavy atom. The summed E-state index contributed by atoms with van der Waals surface area (Å²) >= 11 is 0. The predicted octanol–water partition coefficient (Wildman–Crippen LogP) is -2.38. The number of carbonyl (C=O) groups is 3. The molecule has 0 aliphatic carbocycles. The number of rotatable bonds is 6. The Bertz CT molecular complexity index is 270. The van der Waals surface area contributed by atoms with Gasteiger partial charge in [-0.25, -0.2) is 0 Å². The minimum atomic E-state index is -1.17. The molecule has 0 amide bonds. The number of hydrogen-bond acceptors (Lipinski definition) is 6. The minimum absolute atomic E-state index is 0.00463. The third kappa shape index (κ3) is 12.2. The number of carboxylic acid groups (broad SMARTS) is 3. The first-order valence-electron chi connectivity index (χ1n) is 4.61. The van der Waals surface area contributed by atoms with Gasteiger partial charge in [-0.2, -0.15) is 0 Å². The van der Waals surface area contributed by atoms with Gasteiger partial charge in [-0.15, -0.1) is 0 Å². The molecule has 0 aromatic heterocycles. The Kier molecular flexibility index (Phi) is 9.89. The summed E-state index contributed by atoms with van der Waals surface area (Å²) in [5.41, 5.74) is 14.8. The molecule has 0 aromatic rings. The van der Waals surface area contributed by atoms with E-state index in [-0.39, 0.29) is 19.4 Å². The maximum atomic E-state index is 9.99. The summed E-state index contributed by atoms with van der Waals surface area (Å²) in [7, 11) is 0. The van der Waals surface area contributed by atoms with Crippen molar-refractivity contribution >= 4 is 17.9 Å².